The molecule has 114 valence electrons. The van der Waals surface area contributed by atoms with Gasteiger partial charge in [0.1, 0.15) is 5.75 Å². The Morgan fingerprint density at radius 1 is 1.30 bits per heavy atom. The van der Waals surface area contributed by atoms with Crippen molar-refractivity contribution in [1.29, 1.82) is 0 Å². The van der Waals surface area contributed by atoms with Crippen LogP contribution >= 0.6 is 0 Å². The number of methoxy groups -OCH3 is 1. The fraction of sp³-hybridized carbons (Fsp3) is 0.625. The molecule has 0 bridgehead atoms. The van der Waals surface area contributed by atoms with E-state index >= 15 is 0 Å². The van der Waals surface area contributed by atoms with E-state index in [0.29, 0.717) is 12.5 Å². The number of hydrogen-bond acceptors (Lipinski definition) is 4. The van der Waals surface area contributed by atoms with Gasteiger partial charge < -0.3 is 15.6 Å². The number of rotatable bonds is 8. The Kier molecular flexibility index (Phi) is 6.99. The lowest BCUT2D eigenvalue weighted by molar-refractivity contribution is 0.114. The molecular weight excluding hydrogens is 252 g/mol. The van der Waals surface area contributed by atoms with Crippen molar-refractivity contribution in [2.24, 2.45) is 11.7 Å². The number of likely N-dealkylation sites (N-methyl/N-ethyl adjacent to an activating group) is 1. The van der Waals surface area contributed by atoms with Crippen LogP contribution in [0.25, 0.3) is 0 Å². The molecule has 1 aromatic rings. The van der Waals surface area contributed by atoms with E-state index in [2.05, 4.69) is 18.7 Å². The second kappa shape index (κ2) is 8.25. The summed E-state index contributed by atoms with van der Waals surface area (Å²) in [7, 11) is 3.67. The summed E-state index contributed by atoms with van der Waals surface area (Å²) in [5.74, 6) is 1.40. The fourth-order valence-corrected chi connectivity index (χ4v) is 2.52. The number of para-hydroxylation sites is 1. The van der Waals surface area contributed by atoms with Gasteiger partial charge in [0.25, 0.3) is 0 Å². The monoisotopic (exact) mass is 280 g/mol. The van der Waals surface area contributed by atoms with Gasteiger partial charge in [-0.15, -0.1) is 0 Å². The number of aliphatic hydroxyl groups excluding tert-OH is 1. The second-order valence-corrected chi connectivity index (χ2v) is 5.77. The summed E-state index contributed by atoms with van der Waals surface area (Å²) in [6.45, 7) is 5.07. The van der Waals surface area contributed by atoms with E-state index in [9.17, 15) is 5.11 Å². The van der Waals surface area contributed by atoms with Gasteiger partial charge in [-0.3, -0.25) is 4.90 Å². The average molecular weight is 280 g/mol. The molecule has 1 aromatic carbocycles. The van der Waals surface area contributed by atoms with Gasteiger partial charge in [-0.25, -0.2) is 0 Å². The third-order valence-electron chi connectivity index (χ3n) is 3.60. The molecule has 0 heterocycles. The van der Waals surface area contributed by atoms with Crippen LogP contribution in [0.2, 0.25) is 0 Å². The van der Waals surface area contributed by atoms with Crippen LogP contribution in [-0.4, -0.2) is 42.9 Å². The lowest BCUT2D eigenvalue weighted by atomic mass is 9.97. The summed E-state index contributed by atoms with van der Waals surface area (Å²) in [5.41, 5.74) is 7.33. The summed E-state index contributed by atoms with van der Waals surface area (Å²) in [5, 5.41) is 9.63. The Labute approximate surface area is 122 Å². The van der Waals surface area contributed by atoms with Gasteiger partial charge in [0.15, 0.2) is 0 Å². The number of benzene rings is 1. The summed E-state index contributed by atoms with van der Waals surface area (Å²) in [4.78, 5) is 2.10. The molecule has 0 aliphatic rings. The largest absolute Gasteiger partial charge is 0.496 e. The van der Waals surface area contributed by atoms with E-state index in [1.54, 1.807) is 7.11 Å². The lowest BCUT2D eigenvalue weighted by Gasteiger charge is -2.32. The molecule has 0 saturated carbocycles. The van der Waals surface area contributed by atoms with Crippen LogP contribution < -0.4 is 10.5 Å². The van der Waals surface area contributed by atoms with Crippen LogP contribution in [0.5, 0.6) is 5.75 Å². The Morgan fingerprint density at radius 2 is 1.95 bits per heavy atom. The first kappa shape index (κ1) is 17.0. The van der Waals surface area contributed by atoms with Crippen LogP contribution in [0, 0.1) is 5.92 Å². The molecule has 20 heavy (non-hydrogen) atoms. The molecule has 0 saturated heterocycles. The van der Waals surface area contributed by atoms with Crippen molar-refractivity contribution in [3.05, 3.63) is 29.8 Å². The van der Waals surface area contributed by atoms with E-state index in [1.165, 1.54) is 0 Å². The number of nitrogens with zero attached hydrogens (tertiary/aromatic N) is 1. The highest BCUT2D eigenvalue weighted by atomic mass is 16.5. The molecule has 4 nitrogen and oxygen atoms in total. The first-order chi connectivity index (χ1) is 9.49. The summed E-state index contributed by atoms with van der Waals surface area (Å²) in [6, 6.07) is 7.87. The van der Waals surface area contributed by atoms with Crippen molar-refractivity contribution in [3.63, 3.8) is 0 Å². The fourth-order valence-electron chi connectivity index (χ4n) is 2.52. The van der Waals surface area contributed by atoms with Gasteiger partial charge in [0.05, 0.1) is 13.7 Å². The zero-order chi connectivity index (χ0) is 15.1. The van der Waals surface area contributed by atoms with Gasteiger partial charge >= 0.3 is 0 Å². The van der Waals surface area contributed by atoms with Gasteiger partial charge in [-0.05, 0) is 25.5 Å². The molecule has 3 N–H and O–H groups in total. The molecule has 1 rings (SSSR count). The second-order valence-electron chi connectivity index (χ2n) is 5.77. The molecule has 0 aliphatic heterocycles. The van der Waals surface area contributed by atoms with E-state index in [4.69, 9.17) is 10.5 Å². The van der Waals surface area contributed by atoms with Crippen LogP contribution in [-0.2, 0) is 6.54 Å². The first-order valence-corrected chi connectivity index (χ1v) is 7.18. The molecular formula is C16H28N2O2. The van der Waals surface area contributed by atoms with E-state index in [0.717, 1.165) is 17.7 Å². The Balaban J connectivity index is 2.74. The van der Waals surface area contributed by atoms with Gasteiger partial charge in [0.2, 0.25) is 0 Å². The van der Waals surface area contributed by atoms with Crippen molar-refractivity contribution in [3.8, 4) is 5.75 Å². The SMILES string of the molecule is COc1ccccc1CN(C)C(CO)C(N)CC(C)C. The lowest BCUT2D eigenvalue weighted by Crippen LogP contribution is -2.48. The Hall–Kier alpha value is -1.10. The predicted octanol–water partition coefficient (Wildman–Crippen LogP) is 1.86. The maximum atomic E-state index is 9.63. The van der Waals surface area contributed by atoms with Crippen LogP contribution in [0.3, 0.4) is 0 Å². The Bertz CT molecular complexity index is 396. The third-order valence-corrected chi connectivity index (χ3v) is 3.60. The molecule has 0 spiro atoms. The number of ether oxygens (including phenoxy) is 1. The van der Waals surface area contributed by atoms with Crippen molar-refractivity contribution < 1.29 is 9.84 Å². The van der Waals surface area contributed by atoms with Gasteiger partial charge in [0, 0.05) is 24.2 Å². The number of nitrogens with two attached hydrogens (primary N) is 1. The van der Waals surface area contributed by atoms with Crippen molar-refractivity contribution >= 4 is 0 Å². The zero-order valence-electron chi connectivity index (χ0n) is 13.0. The quantitative estimate of drug-likeness (QED) is 0.763. The van der Waals surface area contributed by atoms with E-state index < -0.39 is 0 Å². The number of aliphatic hydroxyl groups is 1. The van der Waals surface area contributed by atoms with Crippen molar-refractivity contribution in [2.75, 3.05) is 20.8 Å². The molecule has 2 atom stereocenters. The number of hydrogen-bond donors (Lipinski definition) is 2. The van der Waals surface area contributed by atoms with Crippen LogP contribution in [0.15, 0.2) is 24.3 Å². The van der Waals surface area contributed by atoms with Gasteiger partial charge in [-0.1, -0.05) is 32.0 Å². The molecule has 2 unspecified atom stereocenters. The maximum absolute atomic E-state index is 9.63. The maximum Gasteiger partial charge on any atom is 0.123 e. The Morgan fingerprint density at radius 3 is 2.50 bits per heavy atom. The zero-order valence-corrected chi connectivity index (χ0v) is 13.0. The summed E-state index contributed by atoms with van der Waals surface area (Å²) in [6.07, 6.45) is 0.904. The van der Waals surface area contributed by atoms with Crippen LogP contribution in [0.1, 0.15) is 25.8 Å². The first-order valence-electron chi connectivity index (χ1n) is 7.18. The minimum absolute atomic E-state index is 0.0280. The highest BCUT2D eigenvalue weighted by Crippen LogP contribution is 2.20. The highest BCUT2D eigenvalue weighted by molar-refractivity contribution is 5.33. The standard InChI is InChI=1S/C16H28N2O2/c1-12(2)9-14(17)15(11-19)18(3)10-13-7-5-6-8-16(13)20-4/h5-8,12,14-15,19H,9-11,17H2,1-4H3. The minimum atomic E-state index is -0.0395. The molecule has 0 aliphatic carbocycles. The third kappa shape index (κ3) is 4.78. The van der Waals surface area contributed by atoms with Crippen molar-refractivity contribution in [2.45, 2.75) is 38.9 Å². The van der Waals surface area contributed by atoms with Gasteiger partial charge in [-0.2, -0.15) is 0 Å². The minimum Gasteiger partial charge on any atom is -0.496 e. The van der Waals surface area contributed by atoms with Crippen LogP contribution in [0.4, 0.5) is 0 Å². The molecule has 0 fully saturated rings. The predicted molar refractivity (Wildman–Crippen MR) is 82.8 cm³/mol. The van der Waals surface area contributed by atoms with Crippen molar-refractivity contribution in [1.82, 2.24) is 4.90 Å². The highest BCUT2D eigenvalue weighted by Gasteiger charge is 2.23. The molecule has 0 radical (unpaired) electrons. The average Bonchev–Trinajstić information content (AvgIpc) is 2.39. The summed E-state index contributed by atoms with van der Waals surface area (Å²) < 4.78 is 5.36. The summed E-state index contributed by atoms with van der Waals surface area (Å²) >= 11 is 0. The van der Waals surface area contributed by atoms with E-state index in [-0.39, 0.29) is 18.7 Å². The van der Waals surface area contributed by atoms with E-state index in [1.807, 2.05) is 31.3 Å². The molecule has 0 aromatic heterocycles. The normalized spacial score (nSPS) is 14.6. The molecule has 0 amide bonds. The smallest absolute Gasteiger partial charge is 0.123 e. The molecule has 4 heteroatoms. The topological polar surface area (TPSA) is 58.7 Å².